The number of hydrogen-bond donors (Lipinski definition) is 1. The molecular weight excluding hydrogens is 405 g/mol. The molecule has 162 valence electrons. The number of carbonyl (C=O) groups excluding carboxylic acids is 1. The SMILES string of the molecule is CCn1c(-c2ccccc2)nc(-c2ccc(OC)c(F)c2)c1C(=O)NCc1ccccc1. The molecular formula is C26H24FN3O2. The first-order valence-corrected chi connectivity index (χ1v) is 10.4. The van der Waals surface area contributed by atoms with E-state index in [0.29, 0.717) is 35.9 Å². The van der Waals surface area contributed by atoms with Gasteiger partial charge in [-0.05, 0) is 30.7 Å². The quantitative estimate of drug-likeness (QED) is 0.433. The first kappa shape index (κ1) is 21.3. The lowest BCUT2D eigenvalue weighted by Crippen LogP contribution is -2.26. The molecule has 1 aromatic heterocycles. The van der Waals surface area contributed by atoms with E-state index < -0.39 is 5.82 Å². The molecule has 0 bridgehead atoms. The van der Waals surface area contributed by atoms with Gasteiger partial charge in [0, 0.05) is 24.2 Å². The molecule has 0 spiro atoms. The monoisotopic (exact) mass is 429 g/mol. The summed E-state index contributed by atoms with van der Waals surface area (Å²) < 4.78 is 21.4. The summed E-state index contributed by atoms with van der Waals surface area (Å²) >= 11 is 0. The third-order valence-electron chi connectivity index (χ3n) is 5.25. The molecule has 1 amide bonds. The van der Waals surface area contributed by atoms with Crippen molar-refractivity contribution < 1.29 is 13.9 Å². The highest BCUT2D eigenvalue weighted by Crippen LogP contribution is 2.32. The van der Waals surface area contributed by atoms with E-state index in [9.17, 15) is 9.18 Å². The van der Waals surface area contributed by atoms with Crippen LogP contribution < -0.4 is 10.1 Å². The minimum absolute atomic E-state index is 0.141. The van der Waals surface area contributed by atoms with E-state index in [2.05, 4.69) is 5.32 Å². The van der Waals surface area contributed by atoms with Crippen LogP contribution in [0.4, 0.5) is 4.39 Å². The van der Waals surface area contributed by atoms with Gasteiger partial charge < -0.3 is 14.6 Å². The molecule has 0 radical (unpaired) electrons. The lowest BCUT2D eigenvalue weighted by molar-refractivity contribution is 0.0942. The van der Waals surface area contributed by atoms with Crippen LogP contribution in [0.2, 0.25) is 0 Å². The summed E-state index contributed by atoms with van der Waals surface area (Å²) in [7, 11) is 1.42. The van der Waals surface area contributed by atoms with Crippen LogP contribution in [0.5, 0.6) is 5.75 Å². The van der Waals surface area contributed by atoms with Crippen LogP contribution in [0.25, 0.3) is 22.6 Å². The Labute approximate surface area is 186 Å². The van der Waals surface area contributed by atoms with E-state index in [-0.39, 0.29) is 11.7 Å². The molecule has 3 aromatic carbocycles. The van der Waals surface area contributed by atoms with Gasteiger partial charge in [0.25, 0.3) is 5.91 Å². The van der Waals surface area contributed by atoms with E-state index >= 15 is 0 Å². The van der Waals surface area contributed by atoms with Crippen molar-refractivity contribution in [2.45, 2.75) is 20.0 Å². The topological polar surface area (TPSA) is 56.2 Å². The number of hydrogen-bond acceptors (Lipinski definition) is 3. The first-order valence-electron chi connectivity index (χ1n) is 10.4. The molecule has 0 atom stereocenters. The number of halogens is 1. The highest BCUT2D eigenvalue weighted by molar-refractivity contribution is 5.99. The third kappa shape index (κ3) is 4.25. The number of aromatic nitrogens is 2. The summed E-state index contributed by atoms with van der Waals surface area (Å²) in [5.74, 6) is 0.0239. The molecule has 0 unspecified atom stereocenters. The van der Waals surface area contributed by atoms with E-state index in [1.54, 1.807) is 12.1 Å². The van der Waals surface area contributed by atoms with Crippen LogP contribution in [0.1, 0.15) is 23.0 Å². The molecule has 32 heavy (non-hydrogen) atoms. The summed E-state index contributed by atoms with van der Waals surface area (Å²) in [6, 6.07) is 24.0. The molecule has 4 rings (SSSR count). The maximum absolute atomic E-state index is 14.5. The van der Waals surface area contributed by atoms with Gasteiger partial charge in [0.05, 0.1) is 7.11 Å². The van der Waals surface area contributed by atoms with Crippen molar-refractivity contribution in [1.82, 2.24) is 14.9 Å². The second kappa shape index (κ2) is 9.47. The Bertz CT molecular complexity index is 1220. The zero-order valence-corrected chi connectivity index (χ0v) is 18.0. The van der Waals surface area contributed by atoms with Crippen LogP contribution in [0.3, 0.4) is 0 Å². The highest BCUT2D eigenvalue weighted by atomic mass is 19.1. The average Bonchev–Trinajstić information content (AvgIpc) is 3.23. The molecule has 0 saturated heterocycles. The van der Waals surface area contributed by atoms with Gasteiger partial charge >= 0.3 is 0 Å². The summed E-state index contributed by atoms with van der Waals surface area (Å²) in [5, 5.41) is 2.98. The fourth-order valence-corrected chi connectivity index (χ4v) is 3.68. The van der Waals surface area contributed by atoms with Crippen molar-refractivity contribution in [3.05, 3.63) is 95.9 Å². The molecule has 0 fully saturated rings. The Morgan fingerprint density at radius 2 is 1.69 bits per heavy atom. The number of amides is 1. The second-order valence-electron chi connectivity index (χ2n) is 7.26. The van der Waals surface area contributed by atoms with E-state index in [1.165, 1.54) is 13.2 Å². The average molecular weight is 429 g/mol. The second-order valence-corrected chi connectivity index (χ2v) is 7.26. The molecule has 1 heterocycles. The number of nitrogens with zero attached hydrogens (tertiary/aromatic N) is 2. The van der Waals surface area contributed by atoms with E-state index in [0.717, 1.165) is 11.1 Å². The number of ether oxygens (including phenoxy) is 1. The predicted octanol–water partition coefficient (Wildman–Crippen LogP) is 5.31. The van der Waals surface area contributed by atoms with Gasteiger partial charge in [0.15, 0.2) is 11.6 Å². The van der Waals surface area contributed by atoms with Gasteiger partial charge in [0.2, 0.25) is 0 Å². The highest BCUT2D eigenvalue weighted by Gasteiger charge is 2.24. The Morgan fingerprint density at radius 3 is 2.31 bits per heavy atom. The van der Waals surface area contributed by atoms with Gasteiger partial charge in [-0.1, -0.05) is 60.7 Å². The fourth-order valence-electron chi connectivity index (χ4n) is 3.68. The fraction of sp³-hybridized carbons (Fsp3) is 0.154. The van der Waals surface area contributed by atoms with Crippen LogP contribution in [-0.4, -0.2) is 22.6 Å². The lowest BCUT2D eigenvalue weighted by Gasteiger charge is -2.12. The van der Waals surface area contributed by atoms with Gasteiger partial charge in [-0.25, -0.2) is 9.37 Å². The molecule has 1 N–H and O–H groups in total. The zero-order chi connectivity index (χ0) is 22.5. The molecule has 0 aliphatic heterocycles. The standard InChI is InChI=1S/C26H24FN3O2/c1-3-30-24(26(31)28-17-18-10-6-4-7-11-18)23(20-14-15-22(32-2)21(27)16-20)29-25(30)19-12-8-5-9-13-19/h4-16H,3,17H2,1-2H3,(H,28,31). The summed E-state index contributed by atoms with van der Waals surface area (Å²) in [4.78, 5) is 18.1. The van der Waals surface area contributed by atoms with Crippen molar-refractivity contribution in [2.24, 2.45) is 0 Å². The number of rotatable bonds is 7. The summed E-state index contributed by atoms with van der Waals surface area (Å²) in [5.41, 5.74) is 3.21. The van der Waals surface area contributed by atoms with E-state index in [1.807, 2.05) is 72.2 Å². The molecule has 6 heteroatoms. The van der Waals surface area contributed by atoms with E-state index in [4.69, 9.17) is 9.72 Å². The Hall–Kier alpha value is -3.93. The van der Waals surface area contributed by atoms with Gasteiger partial charge in [-0.2, -0.15) is 0 Å². The first-order chi connectivity index (χ1) is 15.6. The Balaban J connectivity index is 1.81. The third-order valence-corrected chi connectivity index (χ3v) is 5.25. The van der Waals surface area contributed by atoms with Crippen LogP contribution in [-0.2, 0) is 13.1 Å². The molecule has 0 saturated carbocycles. The van der Waals surface area contributed by atoms with Crippen molar-refractivity contribution >= 4 is 5.91 Å². The number of carbonyl (C=O) groups is 1. The molecule has 0 aliphatic rings. The molecule has 4 aromatic rings. The van der Waals surface area contributed by atoms with Gasteiger partial charge in [0.1, 0.15) is 17.2 Å². The number of nitrogens with one attached hydrogen (secondary N) is 1. The predicted molar refractivity (Wildman–Crippen MR) is 123 cm³/mol. The molecule has 5 nitrogen and oxygen atoms in total. The van der Waals surface area contributed by atoms with Crippen LogP contribution >= 0.6 is 0 Å². The zero-order valence-electron chi connectivity index (χ0n) is 18.0. The normalized spacial score (nSPS) is 10.7. The Morgan fingerprint density at radius 1 is 1.00 bits per heavy atom. The minimum Gasteiger partial charge on any atom is -0.494 e. The Kier molecular flexibility index (Phi) is 6.31. The summed E-state index contributed by atoms with van der Waals surface area (Å²) in [6.45, 7) is 2.87. The van der Waals surface area contributed by atoms with Crippen molar-refractivity contribution in [2.75, 3.05) is 7.11 Å². The number of methoxy groups -OCH3 is 1. The van der Waals surface area contributed by atoms with Crippen molar-refractivity contribution in [3.63, 3.8) is 0 Å². The molecule has 0 aliphatic carbocycles. The van der Waals surface area contributed by atoms with Crippen LogP contribution in [0.15, 0.2) is 78.9 Å². The largest absolute Gasteiger partial charge is 0.494 e. The number of benzene rings is 3. The summed E-state index contributed by atoms with van der Waals surface area (Å²) in [6.07, 6.45) is 0. The maximum Gasteiger partial charge on any atom is 0.270 e. The van der Waals surface area contributed by atoms with Crippen molar-refractivity contribution in [1.29, 1.82) is 0 Å². The minimum atomic E-state index is -0.507. The number of imidazole rings is 1. The smallest absolute Gasteiger partial charge is 0.270 e. The maximum atomic E-state index is 14.5. The van der Waals surface area contributed by atoms with Crippen LogP contribution in [0, 0.1) is 5.82 Å². The lowest BCUT2D eigenvalue weighted by atomic mass is 10.1. The van der Waals surface area contributed by atoms with Crippen molar-refractivity contribution in [3.8, 4) is 28.4 Å². The van der Waals surface area contributed by atoms with Gasteiger partial charge in [-0.15, -0.1) is 0 Å². The van der Waals surface area contributed by atoms with Gasteiger partial charge in [-0.3, -0.25) is 4.79 Å².